The summed E-state index contributed by atoms with van der Waals surface area (Å²) >= 11 is 1.69. The molecule has 0 amide bonds. The summed E-state index contributed by atoms with van der Waals surface area (Å²) < 4.78 is 0. The van der Waals surface area contributed by atoms with Crippen LogP contribution < -0.4 is 5.56 Å². The molecule has 0 spiro atoms. The van der Waals surface area contributed by atoms with Crippen LogP contribution in [0.15, 0.2) is 10.9 Å². The molecule has 1 aromatic heterocycles. The molecular weight excluding hydrogens is 202 g/mol. The van der Waals surface area contributed by atoms with E-state index in [1.54, 1.807) is 11.8 Å². The van der Waals surface area contributed by atoms with Crippen molar-refractivity contribution in [2.75, 3.05) is 5.75 Å². The van der Waals surface area contributed by atoms with Crippen LogP contribution in [-0.4, -0.2) is 21.8 Å². The minimum absolute atomic E-state index is 0.149. The predicted octanol–water partition coefficient (Wildman–Crippen LogP) is 0.862. The van der Waals surface area contributed by atoms with Gasteiger partial charge >= 0.3 is 5.97 Å². The molecule has 0 bridgehead atoms. The third kappa shape index (κ3) is 1.55. The number of fused-ring (bicyclic) bond motifs is 1. The molecule has 1 aromatic rings. The van der Waals surface area contributed by atoms with Crippen molar-refractivity contribution in [1.82, 2.24) is 4.98 Å². The van der Waals surface area contributed by atoms with Gasteiger partial charge in [-0.15, -0.1) is 0 Å². The Balaban J connectivity index is 2.64. The Morgan fingerprint density at radius 2 is 2.36 bits per heavy atom. The number of aromatic amines is 1. The number of carbonyl (C=O) groups is 1. The molecule has 0 aromatic carbocycles. The number of carboxylic acid groups (broad SMARTS) is 1. The first-order chi connectivity index (χ1) is 6.68. The van der Waals surface area contributed by atoms with Crippen molar-refractivity contribution in [3.8, 4) is 0 Å². The van der Waals surface area contributed by atoms with E-state index >= 15 is 0 Å². The maximum atomic E-state index is 11.1. The zero-order valence-corrected chi connectivity index (χ0v) is 8.19. The molecule has 1 aliphatic rings. The molecule has 0 fully saturated rings. The van der Waals surface area contributed by atoms with Crippen molar-refractivity contribution in [3.05, 3.63) is 33.2 Å². The van der Waals surface area contributed by atoms with Crippen molar-refractivity contribution in [2.24, 2.45) is 0 Å². The van der Waals surface area contributed by atoms with Gasteiger partial charge in [-0.3, -0.25) is 4.79 Å². The van der Waals surface area contributed by atoms with E-state index in [9.17, 15) is 9.59 Å². The van der Waals surface area contributed by atoms with E-state index in [0.717, 1.165) is 29.5 Å². The topological polar surface area (TPSA) is 70.2 Å². The summed E-state index contributed by atoms with van der Waals surface area (Å²) in [6.07, 6.45) is 0.746. The number of hydrogen-bond donors (Lipinski definition) is 2. The van der Waals surface area contributed by atoms with E-state index < -0.39 is 5.97 Å². The van der Waals surface area contributed by atoms with Gasteiger partial charge in [0.25, 0.3) is 0 Å². The van der Waals surface area contributed by atoms with Gasteiger partial charge in [-0.25, -0.2) is 4.79 Å². The Morgan fingerprint density at radius 1 is 1.57 bits per heavy atom. The zero-order valence-electron chi connectivity index (χ0n) is 7.37. The molecular formula is C9H9NO3S. The molecule has 5 heteroatoms. The summed E-state index contributed by atoms with van der Waals surface area (Å²) in [6, 6.07) is 1.16. The molecule has 14 heavy (non-hydrogen) atoms. The fourth-order valence-electron chi connectivity index (χ4n) is 1.56. The van der Waals surface area contributed by atoms with Crippen LogP contribution in [-0.2, 0) is 12.2 Å². The number of aromatic carboxylic acids is 1. The lowest BCUT2D eigenvalue weighted by atomic mass is 10.1. The van der Waals surface area contributed by atoms with Gasteiger partial charge in [-0.05, 0) is 17.7 Å². The first kappa shape index (κ1) is 9.33. The lowest BCUT2D eigenvalue weighted by molar-refractivity contribution is 0.0695. The van der Waals surface area contributed by atoms with Gasteiger partial charge in [-0.2, -0.15) is 11.8 Å². The number of nitrogens with one attached hydrogen (secondary N) is 1. The number of thioether (sulfide) groups is 1. The standard InChI is InChI=1S/C9H9NO3S/c11-8-3-5(9(12)13)6-4-14-2-1-7(6)10-8/h3H,1-2,4H2,(H,10,11)(H,12,13). The first-order valence-electron chi connectivity index (χ1n) is 4.24. The summed E-state index contributed by atoms with van der Waals surface area (Å²) in [6.45, 7) is 0. The molecule has 1 aliphatic heterocycles. The van der Waals surface area contributed by atoms with Crippen molar-refractivity contribution in [2.45, 2.75) is 12.2 Å². The van der Waals surface area contributed by atoms with Gasteiger partial charge in [0.05, 0.1) is 5.56 Å². The van der Waals surface area contributed by atoms with Crippen molar-refractivity contribution >= 4 is 17.7 Å². The fourth-order valence-corrected chi connectivity index (χ4v) is 2.59. The van der Waals surface area contributed by atoms with Crippen LogP contribution in [0.3, 0.4) is 0 Å². The summed E-state index contributed by atoms with van der Waals surface area (Å²) in [5.41, 5.74) is 1.38. The highest BCUT2D eigenvalue weighted by molar-refractivity contribution is 7.98. The smallest absolute Gasteiger partial charge is 0.336 e. The summed E-state index contributed by atoms with van der Waals surface area (Å²) in [5.74, 6) is 0.592. The SMILES string of the molecule is O=C(O)c1cc(=O)[nH]c2c1CSCC2. The monoisotopic (exact) mass is 211 g/mol. The van der Waals surface area contributed by atoms with Crippen LogP contribution in [0.2, 0.25) is 0 Å². The molecule has 0 aliphatic carbocycles. The van der Waals surface area contributed by atoms with Gasteiger partial charge in [0, 0.05) is 17.5 Å². The second-order valence-electron chi connectivity index (χ2n) is 3.11. The van der Waals surface area contributed by atoms with E-state index in [1.807, 2.05) is 0 Å². The summed E-state index contributed by atoms with van der Waals surface area (Å²) in [5, 5.41) is 8.90. The molecule has 0 saturated heterocycles. The molecule has 0 radical (unpaired) electrons. The molecule has 2 rings (SSSR count). The maximum absolute atomic E-state index is 11.1. The second kappa shape index (κ2) is 3.49. The normalized spacial score (nSPS) is 14.9. The van der Waals surface area contributed by atoms with Gasteiger partial charge in [0.15, 0.2) is 0 Å². The molecule has 0 unspecified atom stereocenters. The van der Waals surface area contributed by atoms with E-state index in [-0.39, 0.29) is 11.1 Å². The van der Waals surface area contributed by atoms with Gasteiger partial charge in [-0.1, -0.05) is 0 Å². The van der Waals surface area contributed by atoms with Crippen molar-refractivity contribution in [1.29, 1.82) is 0 Å². The highest BCUT2D eigenvalue weighted by Crippen LogP contribution is 2.24. The minimum Gasteiger partial charge on any atom is -0.478 e. The van der Waals surface area contributed by atoms with Gasteiger partial charge in [0.1, 0.15) is 0 Å². The van der Waals surface area contributed by atoms with Crippen LogP contribution in [0, 0.1) is 0 Å². The number of aromatic nitrogens is 1. The fraction of sp³-hybridized carbons (Fsp3) is 0.333. The van der Waals surface area contributed by atoms with Crippen LogP contribution in [0.25, 0.3) is 0 Å². The van der Waals surface area contributed by atoms with Crippen molar-refractivity contribution < 1.29 is 9.90 Å². The number of carboxylic acids is 1. The lowest BCUT2D eigenvalue weighted by Gasteiger charge is -2.16. The Morgan fingerprint density at radius 3 is 3.07 bits per heavy atom. The molecule has 0 atom stereocenters. The third-order valence-electron chi connectivity index (χ3n) is 2.21. The Hall–Kier alpha value is -1.23. The maximum Gasteiger partial charge on any atom is 0.336 e. The van der Waals surface area contributed by atoms with Crippen LogP contribution in [0.4, 0.5) is 0 Å². The molecule has 2 N–H and O–H groups in total. The second-order valence-corrected chi connectivity index (χ2v) is 4.22. The lowest BCUT2D eigenvalue weighted by Crippen LogP contribution is -2.19. The van der Waals surface area contributed by atoms with Gasteiger partial charge < -0.3 is 10.1 Å². The van der Waals surface area contributed by atoms with E-state index in [0.29, 0.717) is 5.75 Å². The number of aryl methyl sites for hydroxylation is 1. The highest BCUT2D eigenvalue weighted by atomic mass is 32.2. The van der Waals surface area contributed by atoms with Gasteiger partial charge in [0.2, 0.25) is 5.56 Å². The van der Waals surface area contributed by atoms with E-state index in [2.05, 4.69) is 4.98 Å². The van der Waals surface area contributed by atoms with Crippen LogP contribution >= 0.6 is 11.8 Å². The first-order valence-corrected chi connectivity index (χ1v) is 5.40. The number of H-pyrrole nitrogens is 1. The predicted molar refractivity (Wildman–Crippen MR) is 53.9 cm³/mol. The average Bonchev–Trinajstić information content (AvgIpc) is 2.16. The minimum atomic E-state index is -1.02. The highest BCUT2D eigenvalue weighted by Gasteiger charge is 2.18. The van der Waals surface area contributed by atoms with E-state index in [4.69, 9.17) is 5.11 Å². The summed E-state index contributed by atoms with van der Waals surface area (Å²) in [7, 11) is 0. The third-order valence-corrected chi connectivity index (χ3v) is 3.20. The molecule has 0 saturated carbocycles. The zero-order chi connectivity index (χ0) is 10.1. The Labute approximate surface area is 84.3 Å². The molecule has 2 heterocycles. The quantitative estimate of drug-likeness (QED) is 0.723. The number of hydrogen-bond acceptors (Lipinski definition) is 3. The van der Waals surface area contributed by atoms with Crippen LogP contribution in [0.5, 0.6) is 0 Å². The number of rotatable bonds is 1. The Kier molecular flexibility index (Phi) is 2.33. The molecule has 74 valence electrons. The molecule has 4 nitrogen and oxygen atoms in total. The largest absolute Gasteiger partial charge is 0.478 e. The summed E-state index contributed by atoms with van der Waals surface area (Å²) in [4.78, 5) is 24.7. The average molecular weight is 211 g/mol. The number of pyridine rings is 1. The van der Waals surface area contributed by atoms with Crippen molar-refractivity contribution in [3.63, 3.8) is 0 Å². The van der Waals surface area contributed by atoms with Crippen LogP contribution in [0.1, 0.15) is 21.6 Å². The van der Waals surface area contributed by atoms with E-state index in [1.165, 1.54) is 0 Å². The Bertz CT molecular complexity index is 438.